The van der Waals surface area contributed by atoms with Crippen molar-refractivity contribution in [1.29, 1.82) is 0 Å². The SMILES string of the molecule is C=CCOc1ccccc1/C=C1/SC(=Nc2ccc(F)cc2F)N(C)C1=O. The predicted molar refractivity (Wildman–Crippen MR) is 104 cm³/mol. The van der Waals surface area contributed by atoms with Crippen LogP contribution in [0, 0.1) is 11.6 Å². The number of hydrogen-bond donors (Lipinski definition) is 0. The minimum Gasteiger partial charge on any atom is -0.489 e. The van der Waals surface area contributed by atoms with Crippen molar-refractivity contribution in [3.8, 4) is 5.75 Å². The van der Waals surface area contributed by atoms with E-state index in [2.05, 4.69) is 11.6 Å². The average Bonchev–Trinajstić information content (AvgIpc) is 2.91. The third-order valence-electron chi connectivity index (χ3n) is 3.69. The van der Waals surface area contributed by atoms with Gasteiger partial charge in [0.15, 0.2) is 11.0 Å². The molecule has 1 heterocycles. The molecule has 7 heteroatoms. The molecule has 1 saturated heterocycles. The normalized spacial score (nSPS) is 17.0. The first-order chi connectivity index (χ1) is 13.0. The molecule has 138 valence electrons. The number of halogens is 2. The number of benzene rings is 2. The van der Waals surface area contributed by atoms with Gasteiger partial charge in [0.2, 0.25) is 0 Å². The Hall–Kier alpha value is -2.93. The first-order valence-corrected chi connectivity index (χ1v) is 8.85. The number of carbonyl (C=O) groups excluding carboxylic acids is 1. The number of rotatable bonds is 5. The molecule has 0 N–H and O–H groups in total. The first-order valence-electron chi connectivity index (χ1n) is 8.03. The summed E-state index contributed by atoms with van der Waals surface area (Å²) in [6.45, 7) is 3.96. The minimum atomic E-state index is -0.787. The number of thioether (sulfide) groups is 1. The summed E-state index contributed by atoms with van der Waals surface area (Å²) in [6.07, 6.45) is 3.33. The van der Waals surface area contributed by atoms with Gasteiger partial charge in [0.25, 0.3) is 5.91 Å². The Kier molecular flexibility index (Phi) is 5.71. The maximum absolute atomic E-state index is 13.8. The number of hydrogen-bond acceptors (Lipinski definition) is 4. The number of ether oxygens (including phenoxy) is 1. The van der Waals surface area contributed by atoms with Crippen LogP contribution in [0.15, 0.2) is 65.0 Å². The van der Waals surface area contributed by atoms with Crippen LogP contribution in [0.1, 0.15) is 5.56 Å². The van der Waals surface area contributed by atoms with Crippen molar-refractivity contribution in [3.63, 3.8) is 0 Å². The molecule has 3 rings (SSSR count). The van der Waals surface area contributed by atoms with Crippen LogP contribution in [0.3, 0.4) is 0 Å². The zero-order chi connectivity index (χ0) is 19.4. The van der Waals surface area contributed by atoms with Crippen LogP contribution in [0.2, 0.25) is 0 Å². The van der Waals surface area contributed by atoms with E-state index in [-0.39, 0.29) is 11.6 Å². The molecule has 0 spiro atoms. The van der Waals surface area contributed by atoms with Crippen LogP contribution in [-0.4, -0.2) is 29.6 Å². The first kappa shape index (κ1) is 18.8. The standard InChI is InChI=1S/C20H16F2N2O2S/c1-3-10-26-17-7-5-4-6-13(17)11-18-19(25)24(2)20(27-18)23-16-9-8-14(21)12-15(16)22/h3-9,11-12H,1,10H2,2H3/b18-11+,23-20?. The molecule has 1 amide bonds. The van der Waals surface area contributed by atoms with Crippen LogP contribution in [0.4, 0.5) is 14.5 Å². The molecule has 4 nitrogen and oxygen atoms in total. The second-order valence-corrected chi connectivity index (χ2v) is 6.61. The summed E-state index contributed by atoms with van der Waals surface area (Å²) in [5, 5.41) is 0.307. The van der Waals surface area contributed by atoms with Gasteiger partial charge in [0, 0.05) is 18.7 Å². The summed E-state index contributed by atoms with van der Waals surface area (Å²) < 4.78 is 32.5. The molecule has 27 heavy (non-hydrogen) atoms. The Morgan fingerprint density at radius 3 is 2.78 bits per heavy atom. The molecule has 0 radical (unpaired) electrons. The van der Waals surface area contributed by atoms with Crippen LogP contribution in [-0.2, 0) is 4.79 Å². The molecular weight excluding hydrogens is 370 g/mol. The Balaban J connectivity index is 1.91. The van der Waals surface area contributed by atoms with Crippen molar-refractivity contribution in [2.75, 3.05) is 13.7 Å². The van der Waals surface area contributed by atoms with Crippen molar-refractivity contribution in [2.24, 2.45) is 4.99 Å². The van der Waals surface area contributed by atoms with Gasteiger partial charge in [-0.25, -0.2) is 13.8 Å². The summed E-state index contributed by atoms with van der Waals surface area (Å²) >= 11 is 1.11. The number of carbonyl (C=O) groups is 1. The molecule has 2 aromatic rings. The van der Waals surface area contributed by atoms with Crippen molar-refractivity contribution < 1.29 is 18.3 Å². The molecular formula is C20H16F2N2O2S. The van der Waals surface area contributed by atoms with Crippen LogP contribution >= 0.6 is 11.8 Å². The van der Waals surface area contributed by atoms with E-state index in [1.807, 2.05) is 18.2 Å². The van der Waals surface area contributed by atoms with E-state index in [9.17, 15) is 13.6 Å². The van der Waals surface area contributed by atoms with Crippen LogP contribution in [0.5, 0.6) is 5.75 Å². The molecule has 1 aliphatic heterocycles. The third kappa shape index (κ3) is 4.25. The van der Waals surface area contributed by atoms with Crippen molar-refractivity contribution >= 4 is 34.6 Å². The molecule has 0 aliphatic carbocycles. The topological polar surface area (TPSA) is 41.9 Å². The Bertz CT molecular complexity index is 957. The van der Waals surface area contributed by atoms with Gasteiger partial charge >= 0.3 is 0 Å². The number of aliphatic imine (C=N–C) groups is 1. The highest BCUT2D eigenvalue weighted by atomic mass is 32.2. The van der Waals surface area contributed by atoms with Gasteiger partial charge in [-0.15, -0.1) is 0 Å². The van der Waals surface area contributed by atoms with Gasteiger partial charge < -0.3 is 4.74 Å². The number of likely N-dealkylation sites (N-methyl/N-ethyl adjacent to an activating group) is 1. The summed E-state index contributed by atoms with van der Waals surface area (Å²) in [6, 6.07) is 10.4. The smallest absolute Gasteiger partial charge is 0.266 e. The molecule has 0 atom stereocenters. The van der Waals surface area contributed by atoms with E-state index < -0.39 is 11.6 Å². The Morgan fingerprint density at radius 2 is 2.04 bits per heavy atom. The largest absolute Gasteiger partial charge is 0.489 e. The molecule has 0 bridgehead atoms. The van der Waals surface area contributed by atoms with Crippen LogP contribution in [0.25, 0.3) is 6.08 Å². The third-order valence-corrected chi connectivity index (χ3v) is 4.75. The molecule has 2 aromatic carbocycles. The van der Waals surface area contributed by atoms with E-state index in [4.69, 9.17) is 4.74 Å². The molecule has 0 unspecified atom stereocenters. The highest BCUT2D eigenvalue weighted by molar-refractivity contribution is 8.18. The molecule has 0 saturated carbocycles. The molecule has 1 fully saturated rings. The highest BCUT2D eigenvalue weighted by Crippen LogP contribution is 2.35. The maximum atomic E-state index is 13.8. The fourth-order valence-corrected chi connectivity index (χ4v) is 3.32. The fourth-order valence-electron chi connectivity index (χ4n) is 2.35. The predicted octanol–water partition coefficient (Wildman–Crippen LogP) is 4.76. The van der Waals surface area contributed by atoms with Gasteiger partial charge in [-0.2, -0.15) is 0 Å². The monoisotopic (exact) mass is 386 g/mol. The van der Waals surface area contributed by atoms with Gasteiger partial charge in [-0.05, 0) is 36.0 Å². The zero-order valence-electron chi connectivity index (χ0n) is 14.5. The summed E-state index contributed by atoms with van der Waals surface area (Å²) in [4.78, 5) is 18.4. The number of amides is 1. The van der Waals surface area contributed by atoms with E-state index in [0.29, 0.717) is 22.4 Å². The van der Waals surface area contributed by atoms with E-state index in [1.54, 1.807) is 25.3 Å². The number of para-hydroxylation sites is 1. The summed E-state index contributed by atoms with van der Waals surface area (Å²) in [5.74, 6) is -1.11. The van der Waals surface area contributed by atoms with Crippen LogP contribution < -0.4 is 4.74 Å². The zero-order valence-corrected chi connectivity index (χ0v) is 15.3. The van der Waals surface area contributed by atoms with Gasteiger partial charge in [-0.1, -0.05) is 30.9 Å². The lowest BCUT2D eigenvalue weighted by molar-refractivity contribution is -0.121. The van der Waals surface area contributed by atoms with E-state index in [0.717, 1.165) is 29.5 Å². The lowest BCUT2D eigenvalue weighted by Gasteiger charge is -2.08. The quantitative estimate of drug-likeness (QED) is 0.549. The van der Waals surface area contributed by atoms with Gasteiger partial charge in [-0.3, -0.25) is 9.69 Å². The molecule has 1 aliphatic rings. The minimum absolute atomic E-state index is 0.0329. The van der Waals surface area contributed by atoms with Crippen molar-refractivity contribution in [2.45, 2.75) is 0 Å². The summed E-state index contributed by atoms with van der Waals surface area (Å²) in [7, 11) is 1.55. The lowest BCUT2D eigenvalue weighted by Crippen LogP contribution is -2.23. The maximum Gasteiger partial charge on any atom is 0.266 e. The highest BCUT2D eigenvalue weighted by Gasteiger charge is 2.30. The van der Waals surface area contributed by atoms with Crippen molar-refractivity contribution in [1.82, 2.24) is 4.90 Å². The fraction of sp³-hybridized carbons (Fsp3) is 0.100. The number of nitrogens with zero attached hydrogens (tertiary/aromatic N) is 2. The van der Waals surface area contributed by atoms with E-state index >= 15 is 0 Å². The lowest BCUT2D eigenvalue weighted by atomic mass is 10.2. The molecule has 0 aromatic heterocycles. The second-order valence-electron chi connectivity index (χ2n) is 5.60. The van der Waals surface area contributed by atoms with Crippen molar-refractivity contribution in [3.05, 3.63) is 77.2 Å². The Morgan fingerprint density at radius 1 is 1.26 bits per heavy atom. The van der Waals surface area contributed by atoms with E-state index in [1.165, 1.54) is 11.0 Å². The van der Waals surface area contributed by atoms with Gasteiger partial charge in [0.1, 0.15) is 23.9 Å². The van der Waals surface area contributed by atoms with Gasteiger partial charge in [0.05, 0.1) is 4.91 Å². The second kappa shape index (κ2) is 8.18. The summed E-state index contributed by atoms with van der Waals surface area (Å²) in [5.41, 5.74) is 0.701. The average molecular weight is 386 g/mol. The number of amidine groups is 1. The Labute approximate surface area is 159 Å².